The third-order valence-corrected chi connectivity index (χ3v) is 5.66. The molecule has 154 valence electrons. The van der Waals surface area contributed by atoms with E-state index in [-0.39, 0.29) is 5.91 Å². The van der Waals surface area contributed by atoms with Gasteiger partial charge in [-0.1, -0.05) is 48.5 Å². The Bertz CT molecular complexity index is 918. The normalized spacial score (nSPS) is 16.9. The molecule has 1 unspecified atom stereocenters. The second-order valence-corrected chi connectivity index (χ2v) is 7.87. The zero-order valence-corrected chi connectivity index (χ0v) is 17.2. The summed E-state index contributed by atoms with van der Waals surface area (Å²) in [5.74, 6) is 0.544. The van der Waals surface area contributed by atoms with Crippen LogP contribution in [0.3, 0.4) is 0 Å². The third-order valence-electron chi connectivity index (χ3n) is 5.66. The number of carbonyl (C=O) groups excluding carboxylic acids is 1. The summed E-state index contributed by atoms with van der Waals surface area (Å²) >= 11 is 0. The monoisotopic (exact) mass is 400 g/mol. The first-order valence-electron chi connectivity index (χ1n) is 10.6. The van der Waals surface area contributed by atoms with Gasteiger partial charge < -0.3 is 9.80 Å². The fraction of sp³-hybridized carbons (Fsp3) is 0.320. The van der Waals surface area contributed by atoms with Gasteiger partial charge in [-0.15, -0.1) is 0 Å². The van der Waals surface area contributed by atoms with E-state index in [0.29, 0.717) is 12.3 Å². The summed E-state index contributed by atoms with van der Waals surface area (Å²) in [5, 5.41) is 0. The van der Waals surface area contributed by atoms with E-state index in [1.54, 1.807) is 12.4 Å². The summed E-state index contributed by atoms with van der Waals surface area (Å²) in [6.07, 6.45) is 7.43. The van der Waals surface area contributed by atoms with Gasteiger partial charge in [0.25, 0.3) is 0 Å². The molecule has 1 saturated heterocycles. The lowest BCUT2D eigenvalue weighted by atomic mass is 10.0. The van der Waals surface area contributed by atoms with Crippen LogP contribution in [0.1, 0.15) is 17.7 Å². The Morgan fingerprint density at radius 3 is 2.43 bits per heavy atom. The number of hydrogen-bond donors (Lipinski definition) is 0. The lowest BCUT2D eigenvalue weighted by molar-refractivity contribution is -0.131. The maximum absolute atomic E-state index is 13.0. The number of anilines is 1. The summed E-state index contributed by atoms with van der Waals surface area (Å²) in [6, 6.07) is 20.7. The lowest BCUT2D eigenvalue weighted by Gasteiger charge is -2.25. The number of para-hydroxylation sites is 1. The van der Waals surface area contributed by atoms with Crippen molar-refractivity contribution in [3.05, 3.63) is 90.5 Å². The molecule has 0 aliphatic carbocycles. The molecule has 1 aromatic heterocycles. The minimum absolute atomic E-state index is 0.234. The first-order valence-corrected chi connectivity index (χ1v) is 10.6. The van der Waals surface area contributed by atoms with Crippen molar-refractivity contribution in [1.82, 2.24) is 14.9 Å². The average Bonchev–Trinajstić information content (AvgIpc) is 3.02. The van der Waals surface area contributed by atoms with Crippen molar-refractivity contribution in [1.29, 1.82) is 0 Å². The lowest BCUT2D eigenvalue weighted by Crippen LogP contribution is -2.36. The standard InChI is InChI=1S/C25H28N4O/c30-25(12-11-21-7-3-1-4-8-21)29-16-15-28(24-9-5-2-6-10-24)19-22(20-29)17-23-18-26-13-14-27-23/h1-10,13-14,18,22H,11-12,15-17,19-20H2. The molecule has 5 nitrogen and oxygen atoms in total. The summed E-state index contributed by atoms with van der Waals surface area (Å²) < 4.78 is 0. The summed E-state index contributed by atoms with van der Waals surface area (Å²) in [7, 11) is 0. The van der Waals surface area contributed by atoms with Crippen LogP contribution in [0.5, 0.6) is 0 Å². The summed E-state index contributed by atoms with van der Waals surface area (Å²) in [6.45, 7) is 3.26. The molecule has 1 fully saturated rings. The van der Waals surface area contributed by atoms with Crippen molar-refractivity contribution < 1.29 is 4.79 Å². The number of carbonyl (C=O) groups is 1. The quantitative estimate of drug-likeness (QED) is 0.634. The molecule has 4 rings (SSSR count). The van der Waals surface area contributed by atoms with Crippen LogP contribution in [0.25, 0.3) is 0 Å². The van der Waals surface area contributed by atoms with Crippen LogP contribution in [-0.4, -0.2) is 47.0 Å². The van der Waals surface area contributed by atoms with Gasteiger partial charge in [0.05, 0.1) is 5.69 Å². The second-order valence-electron chi connectivity index (χ2n) is 7.87. The highest BCUT2D eigenvalue weighted by Gasteiger charge is 2.26. The van der Waals surface area contributed by atoms with Gasteiger partial charge in [-0.3, -0.25) is 14.8 Å². The Labute approximate surface area is 178 Å². The highest BCUT2D eigenvalue weighted by atomic mass is 16.2. The van der Waals surface area contributed by atoms with Crippen LogP contribution < -0.4 is 4.90 Å². The maximum Gasteiger partial charge on any atom is 0.222 e. The molecule has 0 N–H and O–H groups in total. The van der Waals surface area contributed by atoms with Crippen LogP contribution in [0.4, 0.5) is 5.69 Å². The van der Waals surface area contributed by atoms with Crippen LogP contribution >= 0.6 is 0 Å². The van der Waals surface area contributed by atoms with Crippen molar-refractivity contribution in [2.75, 3.05) is 31.1 Å². The molecule has 2 heterocycles. The maximum atomic E-state index is 13.0. The largest absolute Gasteiger partial charge is 0.369 e. The molecule has 0 radical (unpaired) electrons. The molecule has 5 heteroatoms. The number of benzene rings is 2. The summed E-state index contributed by atoms with van der Waals surface area (Å²) in [5.41, 5.74) is 3.40. The molecule has 0 bridgehead atoms. The van der Waals surface area contributed by atoms with Crippen molar-refractivity contribution in [2.45, 2.75) is 19.3 Å². The molecule has 30 heavy (non-hydrogen) atoms. The zero-order chi connectivity index (χ0) is 20.6. The van der Waals surface area contributed by atoms with E-state index < -0.39 is 0 Å². The van der Waals surface area contributed by atoms with Gasteiger partial charge in [0, 0.05) is 56.9 Å². The van der Waals surface area contributed by atoms with E-state index in [2.05, 4.69) is 51.3 Å². The molecule has 3 aromatic rings. The van der Waals surface area contributed by atoms with E-state index >= 15 is 0 Å². The predicted octanol–water partition coefficient (Wildman–Crippen LogP) is 3.62. The fourth-order valence-corrected chi connectivity index (χ4v) is 4.12. The minimum Gasteiger partial charge on any atom is -0.369 e. The van der Waals surface area contributed by atoms with E-state index in [0.717, 1.165) is 44.7 Å². The smallest absolute Gasteiger partial charge is 0.222 e. The van der Waals surface area contributed by atoms with Gasteiger partial charge in [0.1, 0.15) is 0 Å². The molecule has 1 aliphatic heterocycles. The van der Waals surface area contributed by atoms with E-state index in [9.17, 15) is 4.79 Å². The van der Waals surface area contributed by atoms with Gasteiger partial charge in [-0.2, -0.15) is 0 Å². The summed E-state index contributed by atoms with van der Waals surface area (Å²) in [4.78, 5) is 26.2. The van der Waals surface area contributed by atoms with Gasteiger partial charge in [0.15, 0.2) is 0 Å². The Morgan fingerprint density at radius 1 is 0.933 bits per heavy atom. The number of rotatable bonds is 6. The SMILES string of the molecule is O=C(CCc1ccccc1)N1CCN(c2ccccc2)CC(Cc2cnccn2)C1. The number of aryl methyl sites for hydroxylation is 1. The van der Waals surface area contributed by atoms with E-state index in [1.807, 2.05) is 35.4 Å². The Balaban J connectivity index is 1.46. The molecule has 0 saturated carbocycles. The van der Waals surface area contributed by atoms with Gasteiger partial charge in [0.2, 0.25) is 5.91 Å². The number of nitrogens with zero attached hydrogens (tertiary/aromatic N) is 4. The first-order chi connectivity index (χ1) is 14.8. The van der Waals surface area contributed by atoms with Crippen molar-refractivity contribution in [3.63, 3.8) is 0 Å². The number of hydrogen-bond acceptors (Lipinski definition) is 4. The van der Waals surface area contributed by atoms with E-state index in [1.165, 1.54) is 11.3 Å². The minimum atomic E-state index is 0.234. The fourth-order valence-electron chi connectivity index (χ4n) is 4.12. The third kappa shape index (κ3) is 5.44. The molecule has 1 aliphatic rings. The van der Waals surface area contributed by atoms with E-state index in [4.69, 9.17) is 0 Å². The second kappa shape index (κ2) is 10.0. The number of aromatic nitrogens is 2. The highest BCUT2D eigenvalue weighted by Crippen LogP contribution is 2.21. The van der Waals surface area contributed by atoms with Crippen LogP contribution in [0, 0.1) is 5.92 Å². The first kappa shape index (κ1) is 20.1. The average molecular weight is 401 g/mol. The van der Waals surface area contributed by atoms with Crippen LogP contribution in [0.2, 0.25) is 0 Å². The Hall–Kier alpha value is -3.21. The molecule has 2 aromatic carbocycles. The molecule has 0 spiro atoms. The Morgan fingerprint density at radius 2 is 1.70 bits per heavy atom. The molecule has 1 atom stereocenters. The number of amides is 1. The van der Waals surface area contributed by atoms with Gasteiger partial charge >= 0.3 is 0 Å². The van der Waals surface area contributed by atoms with Crippen LogP contribution in [0.15, 0.2) is 79.3 Å². The zero-order valence-electron chi connectivity index (χ0n) is 17.2. The molecule has 1 amide bonds. The van der Waals surface area contributed by atoms with Gasteiger partial charge in [-0.25, -0.2) is 0 Å². The van der Waals surface area contributed by atoms with Gasteiger partial charge in [-0.05, 0) is 36.5 Å². The van der Waals surface area contributed by atoms with Crippen LogP contribution in [-0.2, 0) is 17.6 Å². The Kier molecular flexibility index (Phi) is 6.70. The van der Waals surface area contributed by atoms with Crippen molar-refractivity contribution in [3.8, 4) is 0 Å². The van der Waals surface area contributed by atoms with Crippen molar-refractivity contribution >= 4 is 11.6 Å². The highest BCUT2D eigenvalue weighted by molar-refractivity contribution is 5.76. The predicted molar refractivity (Wildman–Crippen MR) is 119 cm³/mol. The molecular formula is C25H28N4O. The van der Waals surface area contributed by atoms with Crippen molar-refractivity contribution in [2.24, 2.45) is 5.92 Å². The topological polar surface area (TPSA) is 49.3 Å². The molecular weight excluding hydrogens is 372 g/mol.